The number of nitrogens with one attached hydrogen (secondary N) is 1. The van der Waals surface area contributed by atoms with E-state index in [9.17, 15) is 9.90 Å². The summed E-state index contributed by atoms with van der Waals surface area (Å²) in [5.41, 5.74) is 4.56. The number of carbonyl (C=O) groups excluding carboxylic acids is 1. The molecule has 2 N–H and O–H groups in total. The molecule has 1 aromatic heterocycles. The maximum absolute atomic E-state index is 11.8. The molecular formula is C16H12N4O2. The second kappa shape index (κ2) is 6.01. The van der Waals surface area contributed by atoms with Gasteiger partial charge in [-0.1, -0.05) is 24.3 Å². The minimum absolute atomic E-state index is 0.0966. The van der Waals surface area contributed by atoms with Crippen LogP contribution in [0.2, 0.25) is 0 Å². The second-order valence-electron chi connectivity index (χ2n) is 4.50. The lowest BCUT2D eigenvalue weighted by molar-refractivity contribution is 0.0952. The minimum Gasteiger partial charge on any atom is -0.507 e. The summed E-state index contributed by atoms with van der Waals surface area (Å²) in [5.74, 6) is -0.594. The maximum Gasteiger partial charge on any atom is 0.275 e. The fraction of sp³-hybridized carbons (Fsp3) is 0. The summed E-state index contributed by atoms with van der Waals surface area (Å²) in [6.07, 6.45) is 2.97. The Balaban J connectivity index is 1.73. The number of phenols is 1. The topological polar surface area (TPSA) is 87.5 Å². The van der Waals surface area contributed by atoms with Crippen molar-refractivity contribution in [3.05, 3.63) is 66.0 Å². The molecule has 0 saturated heterocycles. The van der Waals surface area contributed by atoms with Gasteiger partial charge in [0.25, 0.3) is 5.91 Å². The lowest BCUT2D eigenvalue weighted by Gasteiger charge is -2.02. The van der Waals surface area contributed by atoms with Crippen LogP contribution in [0.3, 0.4) is 0 Å². The SMILES string of the molecule is O=C(N/N=C\c1cnc2ccccc2n1)c1ccccc1O. The van der Waals surface area contributed by atoms with Gasteiger partial charge in [0.2, 0.25) is 0 Å². The molecule has 22 heavy (non-hydrogen) atoms. The van der Waals surface area contributed by atoms with E-state index in [0.29, 0.717) is 5.69 Å². The number of nitrogens with zero attached hydrogens (tertiary/aromatic N) is 3. The van der Waals surface area contributed by atoms with Crippen molar-refractivity contribution in [2.24, 2.45) is 5.10 Å². The normalized spacial score (nSPS) is 10.9. The van der Waals surface area contributed by atoms with Crippen molar-refractivity contribution in [2.75, 3.05) is 0 Å². The fourth-order valence-electron chi connectivity index (χ4n) is 1.92. The van der Waals surface area contributed by atoms with Gasteiger partial charge in [-0.3, -0.25) is 9.78 Å². The number of amides is 1. The fourth-order valence-corrected chi connectivity index (χ4v) is 1.92. The van der Waals surface area contributed by atoms with Crippen molar-refractivity contribution in [1.82, 2.24) is 15.4 Å². The van der Waals surface area contributed by atoms with Gasteiger partial charge in [0, 0.05) is 0 Å². The molecule has 0 aliphatic rings. The molecule has 6 nitrogen and oxygen atoms in total. The van der Waals surface area contributed by atoms with Crippen LogP contribution in [0.25, 0.3) is 11.0 Å². The lowest BCUT2D eigenvalue weighted by Crippen LogP contribution is -2.17. The van der Waals surface area contributed by atoms with E-state index < -0.39 is 5.91 Å². The van der Waals surface area contributed by atoms with Crippen LogP contribution in [0.5, 0.6) is 5.75 Å². The van der Waals surface area contributed by atoms with E-state index in [4.69, 9.17) is 0 Å². The Morgan fingerprint density at radius 3 is 2.64 bits per heavy atom. The quantitative estimate of drug-likeness (QED) is 0.571. The Bertz CT molecular complexity index is 861. The Kier molecular flexibility index (Phi) is 3.74. The predicted molar refractivity (Wildman–Crippen MR) is 82.7 cm³/mol. The lowest BCUT2D eigenvalue weighted by atomic mass is 10.2. The summed E-state index contributed by atoms with van der Waals surface area (Å²) in [7, 11) is 0. The number of aromatic hydroxyl groups is 1. The number of hydrazone groups is 1. The number of carbonyl (C=O) groups is 1. The highest BCUT2D eigenvalue weighted by Crippen LogP contribution is 2.14. The highest BCUT2D eigenvalue weighted by molar-refractivity contribution is 5.97. The van der Waals surface area contributed by atoms with Gasteiger partial charge < -0.3 is 5.11 Å². The molecule has 0 atom stereocenters. The average molecular weight is 292 g/mol. The smallest absolute Gasteiger partial charge is 0.275 e. The second-order valence-corrected chi connectivity index (χ2v) is 4.50. The van der Waals surface area contributed by atoms with Crippen LogP contribution >= 0.6 is 0 Å². The summed E-state index contributed by atoms with van der Waals surface area (Å²) in [5, 5.41) is 13.4. The first kappa shape index (κ1) is 13.7. The Morgan fingerprint density at radius 2 is 1.82 bits per heavy atom. The monoisotopic (exact) mass is 292 g/mol. The Labute approximate surface area is 126 Å². The number of rotatable bonds is 3. The van der Waals surface area contributed by atoms with Crippen molar-refractivity contribution in [1.29, 1.82) is 0 Å². The van der Waals surface area contributed by atoms with Crippen LogP contribution in [0, 0.1) is 0 Å². The summed E-state index contributed by atoms with van der Waals surface area (Å²) < 4.78 is 0. The first-order valence-electron chi connectivity index (χ1n) is 6.57. The molecular weight excluding hydrogens is 280 g/mol. The predicted octanol–water partition coefficient (Wildman–Crippen LogP) is 2.10. The molecule has 0 aliphatic heterocycles. The summed E-state index contributed by atoms with van der Waals surface area (Å²) in [6.45, 7) is 0. The van der Waals surface area contributed by atoms with Crippen LogP contribution < -0.4 is 5.43 Å². The molecule has 3 rings (SSSR count). The van der Waals surface area contributed by atoms with E-state index in [1.165, 1.54) is 18.3 Å². The van der Waals surface area contributed by atoms with Crippen LogP contribution in [-0.4, -0.2) is 27.2 Å². The van der Waals surface area contributed by atoms with Gasteiger partial charge in [-0.15, -0.1) is 0 Å². The molecule has 0 saturated carbocycles. The molecule has 1 heterocycles. The van der Waals surface area contributed by atoms with Gasteiger partial charge in [-0.2, -0.15) is 5.10 Å². The molecule has 6 heteroatoms. The number of hydrogen-bond acceptors (Lipinski definition) is 5. The van der Waals surface area contributed by atoms with Gasteiger partial charge in [0.15, 0.2) is 0 Å². The minimum atomic E-state index is -0.497. The van der Waals surface area contributed by atoms with E-state index >= 15 is 0 Å². The average Bonchev–Trinajstić information content (AvgIpc) is 2.55. The van der Waals surface area contributed by atoms with Gasteiger partial charge >= 0.3 is 0 Å². The van der Waals surface area contributed by atoms with Crippen LogP contribution in [0.15, 0.2) is 59.8 Å². The molecule has 0 bridgehead atoms. The van der Waals surface area contributed by atoms with Crippen LogP contribution in [0.4, 0.5) is 0 Å². The highest BCUT2D eigenvalue weighted by Gasteiger charge is 2.08. The third-order valence-electron chi connectivity index (χ3n) is 2.98. The highest BCUT2D eigenvalue weighted by atomic mass is 16.3. The molecule has 108 valence electrons. The number of hydrogen-bond donors (Lipinski definition) is 2. The van der Waals surface area contributed by atoms with Gasteiger partial charge in [-0.25, -0.2) is 10.4 Å². The van der Waals surface area contributed by atoms with Crippen molar-refractivity contribution in [3.63, 3.8) is 0 Å². The number of phenolic OH excluding ortho intramolecular Hbond substituents is 1. The summed E-state index contributed by atoms with van der Waals surface area (Å²) in [4.78, 5) is 20.4. The molecule has 0 spiro atoms. The van der Waals surface area contributed by atoms with E-state index in [-0.39, 0.29) is 11.3 Å². The number of aromatic nitrogens is 2. The zero-order valence-corrected chi connectivity index (χ0v) is 11.5. The first-order valence-corrected chi connectivity index (χ1v) is 6.57. The maximum atomic E-state index is 11.8. The van der Waals surface area contributed by atoms with Crippen molar-refractivity contribution < 1.29 is 9.90 Å². The summed E-state index contributed by atoms with van der Waals surface area (Å²) in [6, 6.07) is 13.7. The number of fused-ring (bicyclic) bond motifs is 1. The third kappa shape index (κ3) is 2.90. The van der Waals surface area contributed by atoms with E-state index in [2.05, 4.69) is 20.5 Å². The molecule has 2 aromatic carbocycles. The molecule has 0 fully saturated rings. The van der Waals surface area contributed by atoms with Crippen molar-refractivity contribution in [3.8, 4) is 5.75 Å². The molecule has 0 unspecified atom stereocenters. The standard InChI is InChI=1S/C16H12N4O2/c21-15-8-4-1-5-12(15)16(22)20-18-10-11-9-17-13-6-2-3-7-14(13)19-11/h1-10,21H,(H,20,22)/b18-10-. The molecule has 1 amide bonds. The van der Waals surface area contributed by atoms with Crippen LogP contribution in [-0.2, 0) is 0 Å². The van der Waals surface area contributed by atoms with E-state index in [0.717, 1.165) is 11.0 Å². The molecule has 0 aliphatic carbocycles. The zero-order valence-electron chi connectivity index (χ0n) is 11.5. The number of para-hydroxylation sites is 3. The third-order valence-corrected chi connectivity index (χ3v) is 2.98. The molecule has 3 aromatic rings. The number of benzene rings is 2. The Morgan fingerprint density at radius 1 is 1.09 bits per heavy atom. The van der Waals surface area contributed by atoms with Crippen molar-refractivity contribution in [2.45, 2.75) is 0 Å². The van der Waals surface area contributed by atoms with Gasteiger partial charge in [0.05, 0.1) is 29.0 Å². The first-order chi connectivity index (χ1) is 10.7. The summed E-state index contributed by atoms with van der Waals surface area (Å²) >= 11 is 0. The largest absolute Gasteiger partial charge is 0.507 e. The zero-order chi connectivity index (χ0) is 15.4. The van der Waals surface area contributed by atoms with Gasteiger partial charge in [0.1, 0.15) is 11.4 Å². The van der Waals surface area contributed by atoms with E-state index in [1.807, 2.05) is 24.3 Å². The van der Waals surface area contributed by atoms with Crippen molar-refractivity contribution >= 4 is 23.2 Å². The molecule has 0 radical (unpaired) electrons. The Hall–Kier alpha value is -3.28. The van der Waals surface area contributed by atoms with Crippen LogP contribution in [0.1, 0.15) is 16.1 Å². The van der Waals surface area contributed by atoms with Gasteiger partial charge in [-0.05, 0) is 24.3 Å². The van der Waals surface area contributed by atoms with E-state index in [1.54, 1.807) is 18.3 Å².